The van der Waals surface area contributed by atoms with Crippen LogP contribution in [0.3, 0.4) is 0 Å². The number of quaternary nitrogens is 1. The number of nitrogens with two attached hydrogens (primary N) is 1. The summed E-state index contributed by atoms with van der Waals surface area (Å²) in [6, 6.07) is 1.25. The van der Waals surface area contributed by atoms with Gasteiger partial charge in [0.25, 0.3) is 0 Å². The number of aromatic nitrogens is 2. The predicted molar refractivity (Wildman–Crippen MR) is 99.7 cm³/mol. The summed E-state index contributed by atoms with van der Waals surface area (Å²) < 4.78 is 42.1. The van der Waals surface area contributed by atoms with E-state index < -0.39 is 57.1 Å². The van der Waals surface area contributed by atoms with E-state index in [0.29, 0.717) is 0 Å². The van der Waals surface area contributed by atoms with Gasteiger partial charge in [0, 0.05) is 6.20 Å². The molecule has 1 saturated heterocycles. The van der Waals surface area contributed by atoms with Gasteiger partial charge < -0.3 is 30.5 Å². The number of nitrogen functional groups attached to an aromatic ring is 1. The van der Waals surface area contributed by atoms with Crippen molar-refractivity contribution in [2.75, 3.05) is 33.5 Å². The number of hydrogen-bond donors (Lipinski definition) is 4. The quantitative estimate of drug-likeness (QED) is 0.176. The number of aliphatic hydroxyl groups excluding tert-OH is 2. The normalized spacial score (nSPS) is 28.4. The van der Waals surface area contributed by atoms with E-state index in [0.717, 1.165) is 4.57 Å². The Morgan fingerprint density at radius 1 is 1.33 bits per heavy atom. The van der Waals surface area contributed by atoms with Gasteiger partial charge in [-0.05, 0) is 6.07 Å². The molecule has 2 unspecified atom stereocenters. The fourth-order valence-corrected chi connectivity index (χ4v) is 4.60. The maximum absolute atomic E-state index is 11.9. The minimum Gasteiger partial charge on any atom is -0.752 e. The van der Waals surface area contributed by atoms with Crippen LogP contribution in [0.1, 0.15) is 6.23 Å². The number of hydroxylamine groups is 3. The van der Waals surface area contributed by atoms with Gasteiger partial charge in [-0.1, -0.05) is 0 Å². The van der Waals surface area contributed by atoms with Crippen LogP contribution in [-0.2, 0) is 27.3 Å². The largest absolute Gasteiger partial charge is 0.752 e. The third-order valence-electron chi connectivity index (χ3n) is 3.41. The number of phosphoric ester groups is 1. The van der Waals surface area contributed by atoms with E-state index in [-0.39, 0.29) is 18.2 Å². The van der Waals surface area contributed by atoms with Crippen molar-refractivity contribution in [1.82, 2.24) is 9.55 Å². The highest BCUT2D eigenvalue weighted by atomic mass is 35.5. The van der Waals surface area contributed by atoms with Gasteiger partial charge in [-0.2, -0.15) is 9.63 Å². The highest BCUT2D eigenvalue weighted by Crippen LogP contribution is 2.59. The Bertz CT molecular complexity index is 894. The second-order valence-electron chi connectivity index (χ2n) is 6.85. The van der Waals surface area contributed by atoms with Crippen LogP contribution in [-0.4, -0.2) is 75.4 Å². The van der Waals surface area contributed by atoms with Gasteiger partial charge in [0.15, 0.2) is 6.23 Å². The molecule has 1 aliphatic heterocycles. The van der Waals surface area contributed by atoms with Crippen LogP contribution in [0.15, 0.2) is 17.1 Å². The first-order chi connectivity index (χ1) is 13.1. The lowest BCUT2D eigenvalue weighted by atomic mass is 10.1. The Morgan fingerprint density at radius 2 is 1.93 bits per heavy atom. The molecule has 18 heteroatoms. The number of phosphoric acid groups is 2. The van der Waals surface area contributed by atoms with Gasteiger partial charge in [-0.3, -0.25) is 13.7 Å². The summed E-state index contributed by atoms with van der Waals surface area (Å²) in [5.74, 6) is -0.0734. The van der Waals surface area contributed by atoms with E-state index in [2.05, 4.69) is 18.4 Å². The van der Waals surface area contributed by atoms with Crippen molar-refractivity contribution in [3.8, 4) is 0 Å². The van der Waals surface area contributed by atoms with E-state index in [1.54, 1.807) is 0 Å². The molecule has 0 bridgehead atoms. The van der Waals surface area contributed by atoms with Crippen LogP contribution in [0, 0.1) is 0 Å². The molecular weight excluding hydrogens is 474 g/mol. The minimum atomic E-state index is -5.23. The number of halogens is 1. The molecule has 5 N–H and O–H groups in total. The van der Waals surface area contributed by atoms with Gasteiger partial charge in [-0.25, -0.2) is 13.7 Å². The summed E-state index contributed by atoms with van der Waals surface area (Å²) in [7, 11) is -6.47. The summed E-state index contributed by atoms with van der Waals surface area (Å²) in [6.45, 7) is -0.857. The maximum atomic E-state index is 11.9. The summed E-state index contributed by atoms with van der Waals surface area (Å²) in [5.41, 5.74) is 4.50. The van der Waals surface area contributed by atoms with E-state index >= 15 is 0 Å². The van der Waals surface area contributed by atoms with E-state index in [1.165, 1.54) is 33.4 Å². The first-order valence-electron chi connectivity index (χ1n) is 7.99. The van der Waals surface area contributed by atoms with Crippen LogP contribution >= 0.6 is 28.1 Å². The average Bonchev–Trinajstić information content (AvgIpc) is 2.78. The fraction of sp³-hybridized carbons (Fsp3) is 0.667. The number of ether oxygens (including phenoxy) is 1. The SMILES string of the molecule is C[N+](C)(C)OP(=O)([O-])OP(=O)(O)OC[C@H]1O[C@@H](n2ccc(N)nc2=O)[C@H](O)[C@@H]1O.Cl. The molecule has 1 fully saturated rings. The molecule has 2 heterocycles. The predicted octanol–water partition coefficient (Wildman–Crippen LogP) is -1.89. The molecular formula is C12H23ClN4O11P2. The smallest absolute Gasteiger partial charge is 0.478 e. The molecule has 0 saturated carbocycles. The Labute approximate surface area is 176 Å². The van der Waals surface area contributed by atoms with Crippen LogP contribution < -0.4 is 16.3 Å². The van der Waals surface area contributed by atoms with Crippen molar-refractivity contribution in [2.45, 2.75) is 24.5 Å². The number of nitrogens with zero attached hydrogens (tertiary/aromatic N) is 3. The van der Waals surface area contributed by atoms with Gasteiger partial charge in [0.05, 0.1) is 27.7 Å². The number of aliphatic hydroxyl groups is 2. The second-order valence-corrected chi connectivity index (χ2v) is 9.76. The first-order valence-corrected chi connectivity index (χ1v) is 10.9. The van der Waals surface area contributed by atoms with Crippen LogP contribution in [0.4, 0.5) is 5.82 Å². The summed E-state index contributed by atoms with van der Waals surface area (Å²) in [4.78, 5) is 36.6. The van der Waals surface area contributed by atoms with Crippen molar-refractivity contribution >= 4 is 33.9 Å². The summed E-state index contributed by atoms with van der Waals surface area (Å²) >= 11 is 0. The van der Waals surface area contributed by atoms with E-state index in [9.17, 15) is 33.9 Å². The Morgan fingerprint density at radius 3 is 2.47 bits per heavy atom. The highest BCUT2D eigenvalue weighted by Gasteiger charge is 2.45. The number of hydrogen-bond acceptors (Lipinski definition) is 12. The van der Waals surface area contributed by atoms with Crippen molar-refractivity contribution in [1.29, 1.82) is 0 Å². The van der Waals surface area contributed by atoms with Crippen molar-refractivity contribution in [3.05, 3.63) is 22.7 Å². The second kappa shape index (κ2) is 9.69. The molecule has 1 aromatic heterocycles. The zero-order valence-electron chi connectivity index (χ0n) is 16.0. The average molecular weight is 497 g/mol. The minimum absolute atomic E-state index is 0. The lowest BCUT2D eigenvalue weighted by Crippen LogP contribution is -2.36. The number of anilines is 1. The third kappa shape index (κ3) is 7.34. The van der Waals surface area contributed by atoms with E-state index in [4.69, 9.17) is 10.5 Å². The zero-order chi connectivity index (χ0) is 22.2. The molecule has 0 amide bonds. The van der Waals surface area contributed by atoms with E-state index in [1.807, 2.05) is 0 Å². The molecule has 0 radical (unpaired) electrons. The standard InChI is InChI=1S/C12H22N4O11P2.ClH/c1-16(2,3)26-29(22,23)27-28(20,21)24-6-7-9(17)10(18)11(25-7)15-5-4-8(13)14-12(15)19;/h4-5,7,9-11,17-18H,6H2,1-3H3,(H3-,13,14,19,20,21,22,23);1H/t7-,9-,10-,11-;/m1./s1. The van der Waals surface area contributed by atoms with Crippen LogP contribution in [0.5, 0.6) is 0 Å². The topological polar surface area (TPSA) is 216 Å². The zero-order valence-corrected chi connectivity index (χ0v) is 18.6. The van der Waals surface area contributed by atoms with Crippen LogP contribution in [0.2, 0.25) is 0 Å². The Hall–Kier alpha value is -0.930. The molecule has 6 atom stereocenters. The molecule has 2 rings (SSSR count). The molecule has 0 aromatic carbocycles. The van der Waals surface area contributed by atoms with Gasteiger partial charge in [-0.15, -0.1) is 17.0 Å². The summed E-state index contributed by atoms with van der Waals surface area (Å²) in [5, 5.41) is 20.1. The Balaban J connectivity index is 0.00000450. The molecule has 0 spiro atoms. The maximum Gasteiger partial charge on any atom is 0.478 e. The molecule has 174 valence electrons. The monoisotopic (exact) mass is 496 g/mol. The molecule has 15 nitrogen and oxygen atoms in total. The Kier molecular flexibility index (Phi) is 8.76. The lowest BCUT2D eigenvalue weighted by molar-refractivity contribution is -1.04. The lowest BCUT2D eigenvalue weighted by Gasteiger charge is -2.30. The van der Waals surface area contributed by atoms with Crippen molar-refractivity contribution in [3.63, 3.8) is 0 Å². The third-order valence-corrected chi connectivity index (χ3v) is 6.20. The van der Waals surface area contributed by atoms with Crippen molar-refractivity contribution in [2.24, 2.45) is 0 Å². The fourth-order valence-electron chi connectivity index (χ4n) is 2.35. The highest BCUT2D eigenvalue weighted by molar-refractivity contribution is 7.60. The first kappa shape index (κ1) is 27.1. The molecule has 1 aliphatic rings. The van der Waals surface area contributed by atoms with Crippen molar-refractivity contribution < 1.29 is 52.0 Å². The van der Waals surface area contributed by atoms with Gasteiger partial charge >= 0.3 is 21.3 Å². The molecule has 0 aliphatic carbocycles. The van der Waals surface area contributed by atoms with Gasteiger partial charge in [0.1, 0.15) is 24.1 Å². The van der Waals surface area contributed by atoms with Crippen LogP contribution in [0.25, 0.3) is 0 Å². The van der Waals surface area contributed by atoms with Gasteiger partial charge in [0.2, 0.25) is 0 Å². The number of rotatable bonds is 8. The summed E-state index contributed by atoms with van der Waals surface area (Å²) in [6.07, 6.45) is -4.91. The molecule has 1 aromatic rings. The molecule has 30 heavy (non-hydrogen) atoms.